The van der Waals surface area contributed by atoms with Gasteiger partial charge in [-0.2, -0.15) is 0 Å². The number of aryl methyl sites for hydroxylation is 2. The third-order valence-corrected chi connectivity index (χ3v) is 9.15. The van der Waals surface area contributed by atoms with Crippen molar-refractivity contribution in [2.45, 2.75) is 71.0 Å². The summed E-state index contributed by atoms with van der Waals surface area (Å²) in [6.45, 7) is 8.81. The van der Waals surface area contributed by atoms with Gasteiger partial charge in [0.1, 0.15) is 18.4 Å². The molecule has 0 fully saturated rings. The van der Waals surface area contributed by atoms with E-state index in [1.54, 1.807) is 37.3 Å². The molecule has 7 nitrogen and oxygen atoms in total. The van der Waals surface area contributed by atoms with E-state index in [1.807, 2.05) is 27.7 Å². The maximum atomic E-state index is 14.1. The summed E-state index contributed by atoms with van der Waals surface area (Å²) in [7, 11) is -4.21. The predicted molar refractivity (Wildman–Crippen MR) is 161 cm³/mol. The Bertz CT molecular complexity index is 1460. The summed E-state index contributed by atoms with van der Waals surface area (Å²) >= 11 is 6.01. The maximum absolute atomic E-state index is 14.1. The van der Waals surface area contributed by atoms with Crippen molar-refractivity contribution in [3.8, 4) is 0 Å². The van der Waals surface area contributed by atoms with Gasteiger partial charge in [-0.3, -0.25) is 13.9 Å². The molecule has 0 aliphatic rings. The van der Waals surface area contributed by atoms with Crippen LogP contribution in [0, 0.1) is 19.7 Å². The van der Waals surface area contributed by atoms with E-state index < -0.39 is 34.3 Å². The van der Waals surface area contributed by atoms with Gasteiger partial charge in [-0.25, -0.2) is 12.8 Å². The molecule has 1 N–H and O–H groups in total. The molecule has 3 rings (SSSR count). The second-order valence-corrected chi connectivity index (χ2v) is 12.4. The van der Waals surface area contributed by atoms with Gasteiger partial charge in [0, 0.05) is 17.6 Å². The highest BCUT2D eigenvalue weighted by atomic mass is 35.5. The summed E-state index contributed by atoms with van der Waals surface area (Å²) < 4.78 is 42.6. The molecule has 0 heterocycles. The van der Waals surface area contributed by atoms with Crippen LogP contribution in [0.4, 0.5) is 10.1 Å². The van der Waals surface area contributed by atoms with Gasteiger partial charge in [-0.1, -0.05) is 43.6 Å². The molecule has 0 radical (unpaired) electrons. The smallest absolute Gasteiger partial charge is 0.264 e. The molecule has 2 atom stereocenters. The molecule has 220 valence electrons. The summed E-state index contributed by atoms with van der Waals surface area (Å²) in [5, 5.41) is 3.31. The Morgan fingerprint density at radius 2 is 1.56 bits per heavy atom. The standard InChI is InChI=1S/C31H37ClFN3O4S/c1-6-23(5)34-31(38)29(7-2)35(19-24-9-13-26(33)14-10-24)30(37)20-36(27-15-8-21(3)22(4)18-27)41(39,40)28-16-11-25(32)12-17-28/h8-18,23,29H,6-7,19-20H2,1-5H3,(H,34,38)/t23-,29+/m0/s1. The number of nitrogens with zero attached hydrogens (tertiary/aromatic N) is 2. The minimum Gasteiger partial charge on any atom is -0.352 e. The van der Waals surface area contributed by atoms with Crippen molar-refractivity contribution in [3.05, 3.63) is 94.3 Å². The Balaban J connectivity index is 2.08. The number of hydrogen-bond acceptors (Lipinski definition) is 4. The van der Waals surface area contributed by atoms with Crippen molar-refractivity contribution in [1.82, 2.24) is 10.2 Å². The van der Waals surface area contributed by atoms with Gasteiger partial charge >= 0.3 is 0 Å². The normalized spacial score (nSPS) is 12.9. The number of rotatable bonds is 12. The zero-order valence-electron chi connectivity index (χ0n) is 24.0. The molecule has 2 amide bonds. The van der Waals surface area contributed by atoms with Crippen molar-refractivity contribution < 1.29 is 22.4 Å². The first-order valence-corrected chi connectivity index (χ1v) is 15.4. The van der Waals surface area contributed by atoms with Gasteiger partial charge in [0.2, 0.25) is 11.8 Å². The molecular formula is C31H37ClFN3O4S. The van der Waals surface area contributed by atoms with Gasteiger partial charge in [-0.15, -0.1) is 0 Å². The lowest BCUT2D eigenvalue weighted by molar-refractivity contribution is -0.140. The van der Waals surface area contributed by atoms with Crippen LogP contribution in [-0.4, -0.2) is 43.8 Å². The fourth-order valence-electron chi connectivity index (χ4n) is 4.29. The van der Waals surface area contributed by atoms with Crippen molar-refractivity contribution >= 4 is 39.1 Å². The van der Waals surface area contributed by atoms with Crippen molar-refractivity contribution in [2.75, 3.05) is 10.8 Å². The number of halogens is 2. The molecule has 0 unspecified atom stereocenters. The van der Waals surface area contributed by atoms with E-state index in [0.29, 0.717) is 29.1 Å². The SMILES string of the molecule is CC[C@H](C(=O)N[C@@H](C)CC)N(Cc1ccc(F)cc1)C(=O)CN(c1ccc(C)c(C)c1)S(=O)(=O)c1ccc(Cl)cc1. The Hall–Kier alpha value is -3.43. The largest absolute Gasteiger partial charge is 0.352 e. The molecular weight excluding hydrogens is 565 g/mol. The lowest BCUT2D eigenvalue weighted by Gasteiger charge is -2.34. The van der Waals surface area contributed by atoms with E-state index in [2.05, 4.69) is 5.32 Å². The highest BCUT2D eigenvalue weighted by Crippen LogP contribution is 2.27. The maximum Gasteiger partial charge on any atom is 0.264 e. The number of benzene rings is 3. The second kappa shape index (κ2) is 14.0. The minimum atomic E-state index is -4.21. The third-order valence-electron chi connectivity index (χ3n) is 7.11. The minimum absolute atomic E-state index is 0.00664. The van der Waals surface area contributed by atoms with Gasteiger partial charge < -0.3 is 10.2 Å². The monoisotopic (exact) mass is 601 g/mol. The first-order valence-electron chi connectivity index (χ1n) is 13.6. The highest BCUT2D eigenvalue weighted by molar-refractivity contribution is 7.92. The van der Waals surface area contributed by atoms with Crippen molar-refractivity contribution in [1.29, 1.82) is 0 Å². The van der Waals surface area contributed by atoms with Crippen molar-refractivity contribution in [2.24, 2.45) is 0 Å². The van der Waals surface area contributed by atoms with E-state index in [0.717, 1.165) is 15.4 Å². The van der Waals surface area contributed by atoms with Crippen LogP contribution in [0.2, 0.25) is 5.02 Å². The lowest BCUT2D eigenvalue weighted by Crippen LogP contribution is -2.53. The summed E-state index contributed by atoms with van der Waals surface area (Å²) in [5.41, 5.74) is 2.74. The summed E-state index contributed by atoms with van der Waals surface area (Å²) in [6, 6.07) is 15.6. The van der Waals surface area contributed by atoms with Crippen LogP contribution in [0.15, 0.2) is 71.6 Å². The molecule has 0 aliphatic carbocycles. The predicted octanol–water partition coefficient (Wildman–Crippen LogP) is 6.01. The summed E-state index contributed by atoms with van der Waals surface area (Å²) in [5.74, 6) is -1.34. The first kappa shape index (κ1) is 32.1. The number of sulfonamides is 1. The van der Waals surface area contributed by atoms with Crippen molar-refractivity contribution in [3.63, 3.8) is 0 Å². The van der Waals surface area contributed by atoms with Gasteiger partial charge in [0.15, 0.2) is 0 Å². The molecule has 0 aromatic heterocycles. The molecule has 3 aromatic rings. The van der Waals surface area contributed by atoms with Crippen LogP contribution in [0.3, 0.4) is 0 Å². The molecule has 41 heavy (non-hydrogen) atoms. The van der Waals surface area contributed by atoms with Crippen LogP contribution in [0.1, 0.15) is 50.3 Å². The number of hydrogen-bond donors (Lipinski definition) is 1. The number of anilines is 1. The van der Waals surface area contributed by atoms with E-state index in [1.165, 1.54) is 41.3 Å². The molecule has 0 saturated carbocycles. The average Bonchev–Trinajstić information content (AvgIpc) is 2.94. The van der Waals surface area contributed by atoms with Gasteiger partial charge in [0.05, 0.1) is 10.6 Å². The summed E-state index contributed by atoms with van der Waals surface area (Å²) in [4.78, 5) is 28.7. The second-order valence-electron chi connectivity index (χ2n) is 10.1. The molecule has 0 aliphatic heterocycles. The van der Waals surface area contributed by atoms with Crippen LogP contribution in [-0.2, 0) is 26.2 Å². The van der Waals surface area contributed by atoms with E-state index in [4.69, 9.17) is 11.6 Å². The Morgan fingerprint density at radius 3 is 2.12 bits per heavy atom. The number of amides is 2. The zero-order chi connectivity index (χ0) is 30.3. The Labute approximate surface area is 247 Å². The van der Waals surface area contributed by atoms with E-state index in [-0.39, 0.29) is 23.4 Å². The first-order chi connectivity index (χ1) is 19.4. The highest BCUT2D eigenvalue weighted by Gasteiger charge is 2.34. The molecule has 0 spiro atoms. The lowest BCUT2D eigenvalue weighted by atomic mass is 10.1. The molecule has 3 aromatic carbocycles. The van der Waals surface area contributed by atoms with Crippen LogP contribution < -0.4 is 9.62 Å². The average molecular weight is 602 g/mol. The summed E-state index contributed by atoms with van der Waals surface area (Å²) in [6.07, 6.45) is 0.997. The molecule has 0 saturated heterocycles. The van der Waals surface area contributed by atoms with Crippen LogP contribution in [0.5, 0.6) is 0 Å². The van der Waals surface area contributed by atoms with E-state index >= 15 is 0 Å². The Kier molecular flexibility index (Phi) is 10.9. The zero-order valence-corrected chi connectivity index (χ0v) is 25.6. The fourth-order valence-corrected chi connectivity index (χ4v) is 5.82. The van der Waals surface area contributed by atoms with Gasteiger partial charge in [-0.05, 0) is 98.8 Å². The molecule has 10 heteroatoms. The van der Waals surface area contributed by atoms with E-state index in [9.17, 15) is 22.4 Å². The quantitative estimate of drug-likeness (QED) is 0.275. The Morgan fingerprint density at radius 1 is 0.927 bits per heavy atom. The number of carbonyl (C=O) groups excluding carboxylic acids is 2. The number of carbonyl (C=O) groups is 2. The van der Waals surface area contributed by atoms with Crippen LogP contribution >= 0.6 is 11.6 Å². The van der Waals surface area contributed by atoms with Gasteiger partial charge in [0.25, 0.3) is 10.0 Å². The third kappa shape index (κ3) is 8.07. The van der Waals surface area contributed by atoms with Crippen LogP contribution in [0.25, 0.3) is 0 Å². The fraction of sp³-hybridized carbons (Fsp3) is 0.355. The molecule has 0 bridgehead atoms. The topological polar surface area (TPSA) is 86.8 Å². The number of nitrogens with one attached hydrogen (secondary N) is 1.